The third-order valence-electron chi connectivity index (χ3n) is 5.00. The molecule has 0 fully saturated rings. The van der Waals surface area contributed by atoms with Crippen molar-refractivity contribution in [2.45, 2.75) is 53.5 Å². The van der Waals surface area contributed by atoms with E-state index in [9.17, 15) is 9.59 Å². The Kier molecular flexibility index (Phi) is 7.29. The topological polar surface area (TPSA) is 111 Å². The van der Waals surface area contributed by atoms with Gasteiger partial charge in [-0.1, -0.05) is 13.8 Å². The summed E-state index contributed by atoms with van der Waals surface area (Å²) in [4.78, 5) is 28.2. The molecular weight excluding hydrogens is 352 g/mol. The highest BCUT2D eigenvalue weighted by Crippen LogP contribution is 2.34. The van der Waals surface area contributed by atoms with Gasteiger partial charge in [0.05, 0.1) is 5.56 Å². The lowest BCUT2D eigenvalue weighted by Gasteiger charge is -2.25. The molecule has 0 radical (unpaired) electrons. The lowest BCUT2D eigenvalue weighted by Crippen LogP contribution is -2.20. The summed E-state index contributed by atoms with van der Waals surface area (Å²) in [5.74, 6) is -0.163. The van der Waals surface area contributed by atoms with Gasteiger partial charge in [-0.3, -0.25) is 14.6 Å². The Labute approximate surface area is 166 Å². The Morgan fingerprint density at radius 1 is 1.14 bits per heavy atom. The zero-order valence-electron chi connectivity index (χ0n) is 17.1. The molecule has 5 N–H and O–H groups in total. The van der Waals surface area contributed by atoms with Crippen molar-refractivity contribution in [1.82, 2.24) is 4.98 Å². The second-order valence-electron chi connectivity index (χ2n) is 7.52. The molecular formula is C22H30N4O2. The van der Waals surface area contributed by atoms with Gasteiger partial charge in [0.25, 0.3) is 5.91 Å². The van der Waals surface area contributed by atoms with Crippen molar-refractivity contribution in [3.63, 3.8) is 0 Å². The summed E-state index contributed by atoms with van der Waals surface area (Å²) < 4.78 is 0. The molecule has 2 amide bonds. The molecule has 0 saturated heterocycles. The smallest absolute Gasteiger partial charge is 0.257 e. The number of nitrogens with zero attached hydrogens (tertiary/aromatic N) is 1. The van der Waals surface area contributed by atoms with Crippen LogP contribution in [0.3, 0.4) is 0 Å². The van der Waals surface area contributed by atoms with Crippen molar-refractivity contribution in [3.8, 4) is 0 Å². The van der Waals surface area contributed by atoms with Crippen LogP contribution >= 0.6 is 0 Å². The van der Waals surface area contributed by atoms with Gasteiger partial charge >= 0.3 is 0 Å². The van der Waals surface area contributed by atoms with E-state index < -0.39 is 0 Å². The third-order valence-corrected chi connectivity index (χ3v) is 5.00. The molecule has 1 heterocycles. The zero-order valence-corrected chi connectivity index (χ0v) is 17.1. The van der Waals surface area contributed by atoms with Crippen LogP contribution in [-0.2, 0) is 24.2 Å². The Bertz CT molecular complexity index is 861. The van der Waals surface area contributed by atoms with E-state index in [1.54, 1.807) is 24.5 Å². The van der Waals surface area contributed by atoms with E-state index in [1.807, 2.05) is 13.8 Å². The summed E-state index contributed by atoms with van der Waals surface area (Å²) in [7, 11) is 0. The lowest BCUT2D eigenvalue weighted by atomic mass is 9.85. The number of amides is 2. The van der Waals surface area contributed by atoms with Crippen LogP contribution in [0, 0.1) is 19.8 Å². The summed E-state index contributed by atoms with van der Waals surface area (Å²) in [6.07, 6.45) is 4.75. The first-order chi connectivity index (χ1) is 13.3. The molecule has 0 saturated carbocycles. The van der Waals surface area contributed by atoms with Gasteiger partial charge in [-0.25, -0.2) is 0 Å². The highest BCUT2D eigenvalue weighted by Gasteiger charge is 2.21. The number of carbonyl (C=O) groups excluding carboxylic acids is 2. The van der Waals surface area contributed by atoms with Crippen LogP contribution in [0.1, 0.15) is 58.4 Å². The van der Waals surface area contributed by atoms with Crippen LogP contribution in [-0.4, -0.2) is 16.8 Å². The minimum Gasteiger partial charge on any atom is -0.370 e. The van der Waals surface area contributed by atoms with Gasteiger partial charge in [-0.2, -0.15) is 0 Å². The first-order valence-electron chi connectivity index (χ1n) is 9.59. The number of aromatic nitrogens is 1. The van der Waals surface area contributed by atoms with Gasteiger partial charge in [0.2, 0.25) is 5.91 Å². The Morgan fingerprint density at radius 2 is 1.86 bits per heavy atom. The average Bonchev–Trinajstić information content (AvgIpc) is 2.65. The van der Waals surface area contributed by atoms with Crippen molar-refractivity contribution in [2.24, 2.45) is 17.4 Å². The van der Waals surface area contributed by atoms with Crippen LogP contribution in [0.4, 0.5) is 5.69 Å². The molecule has 2 aromatic rings. The summed E-state index contributed by atoms with van der Waals surface area (Å²) in [6.45, 7) is 8.65. The molecule has 0 unspecified atom stereocenters. The van der Waals surface area contributed by atoms with Crippen LogP contribution in [0.2, 0.25) is 0 Å². The first kappa shape index (κ1) is 21.6. The molecule has 0 bridgehead atoms. The van der Waals surface area contributed by atoms with E-state index in [1.165, 1.54) is 0 Å². The Balaban J connectivity index is 2.59. The van der Waals surface area contributed by atoms with Gasteiger partial charge < -0.3 is 16.8 Å². The molecule has 28 heavy (non-hydrogen) atoms. The number of nitrogens with one attached hydrogen (secondary N) is 1. The minimum absolute atomic E-state index is 0.214. The van der Waals surface area contributed by atoms with Gasteiger partial charge in [-0.15, -0.1) is 0 Å². The van der Waals surface area contributed by atoms with Crippen molar-refractivity contribution < 1.29 is 9.59 Å². The predicted molar refractivity (Wildman–Crippen MR) is 112 cm³/mol. The van der Waals surface area contributed by atoms with Crippen molar-refractivity contribution >= 4 is 17.5 Å². The number of hydrogen-bond acceptors (Lipinski definition) is 4. The van der Waals surface area contributed by atoms with Crippen molar-refractivity contribution in [3.05, 3.63) is 57.9 Å². The van der Waals surface area contributed by atoms with E-state index in [2.05, 4.69) is 24.1 Å². The number of primary amides is 1. The zero-order chi connectivity index (χ0) is 20.8. The maximum Gasteiger partial charge on any atom is 0.257 e. The van der Waals surface area contributed by atoms with E-state index >= 15 is 0 Å². The van der Waals surface area contributed by atoms with Crippen molar-refractivity contribution in [1.29, 1.82) is 0 Å². The number of pyridine rings is 1. The van der Waals surface area contributed by atoms with Crippen LogP contribution in [0.25, 0.3) is 0 Å². The second-order valence-corrected chi connectivity index (χ2v) is 7.52. The molecule has 0 aliphatic heterocycles. The number of benzene rings is 1. The van der Waals surface area contributed by atoms with E-state index in [0.717, 1.165) is 39.9 Å². The van der Waals surface area contributed by atoms with E-state index in [0.29, 0.717) is 24.4 Å². The number of nitrogens with two attached hydrogens (primary N) is 2. The molecule has 6 heteroatoms. The molecule has 6 nitrogen and oxygen atoms in total. The molecule has 150 valence electrons. The fraction of sp³-hybridized carbons (Fsp3) is 0.409. The number of rotatable bonds is 8. The van der Waals surface area contributed by atoms with Gasteiger partial charge in [0.15, 0.2) is 0 Å². The quantitative estimate of drug-likeness (QED) is 0.651. The molecule has 0 spiro atoms. The van der Waals surface area contributed by atoms with Crippen LogP contribution < -0.4 is 16.8 Å². The molecule has 0 atom stereocenters. The molecule has 0 aliphatic rings. The second kappa shape index (κ2) is 9.46. The fourth-order valence-electron chi connectivity index (χ4n) is 3.60. The SMILES string of the molecule is Cc1c(CCC(N)=O)c(C)c(NC(=O)c2cccnc2)c(CC(C)C)c1CN. The largest absolute Gasteiger partial charge is 0.370 e. The highest BCUT2D eigenvalue weighted by atomic mass is 16.2. The average molecular weight is 383 g/mol. The van der Waals surface area contributed by atoms with Gasteiger partial charge in [0.1, 0.15) is 0 Å². The minimum atomic E-state index is -0.347. The molecule has 0 aliphatic carbocycles. The number of carbonyl (C=O) groups is 2. The Morgan fingerprint density at radius 3 is 2.39 bits per heavy atom. The highest BCUT2D eigenvalue weighted by molar-refractivity contribution is 6.05. The van der Waals surface area contributed by atoms with E-state index in [-0.39, 0.29) is 18.2 Å². The summed E-state index contributed by atoms with van der Waals surface area (Å²) in [6, 6.07) is 3.46. The van der Waals surface area contributed by atoms with Crippen LogP contribution in [0.5, 0.6) is 0 Å². The maximum atomic E-state index is 12.8. The standard InChI is InChI=1S/C22H30N4O2/c1-13(2)10-18-19(11-23)14(3)17(7-8-20(24)27)15(4)21(18)26-22(28)16-6-5-9-25-12-16/h5-6,9,12-13H,7-8,10-11,23H2,1-4H3,(H2,24,27)(H,26,28). The van der Waals surface area contributed by atoms with Crippen molar-refractivity contribution in [2.75, 3.05) is 5.32 Å². The third kappa shape index (κ3) is 4.95. The maximum absolute atomic E-state index is 12.8. The summed E-state index contributed by atoms with van der Waals surface area (Å²) >= 11 is 0. The summed E-state index contributed by atoms with van der Waals surface area (Å²) in [5.41, 5.74) is 17.9. The predicted octanol–water partition coefficient (Wildman–Crippen LogP) is 3.03. The number of anilines is 1. The first-order valence-corrected chi connectivity index (χ1v) is 9.59. The molecule has 1 aromatic carbocycles. The monoisotopic (exact) mass is 382 g/mol. The number of hydrogen-bond donors (Lipinski definition) is 3. The summed E-state index contributed by atoms with van der Waals surface area (Å²) in [5, 5.41) is 3.08. The van der Waals surface area contributed by atoms with Gasteiger partial charge in [0, 0.05) is 31.0 Å². The van der Waals surface area contributed by atoms with E-state index in [4.69, 9.17) is 11.5 Å². The normalized spacial score (nSPS) is 10.9. The van der Waals surface area contributed by atoms with Crippen LogP contribution in [0.15, 0.2) is 24.5 Å². The lowest BCUT2D eigenvalue weighted by molar-refractivity contribution is -0.117. The Hall–Kier alpha value is -2.73. The fourth-order valence-corrected chi connectivity index (χ4v) is 3.60. The van der Waals surface area contributed by atoms with Gasteiger partial charge in [-0.05, 0) is 72.6 Å². The molecule has 2 rings (SSSR count). The molecule has 1 aromatic heterocycles.